The van der Waals surface area contributed by atoms with Gasteiger partial charge in [-0.25, -0.2) is 9.97 Å². The van der Waals surface area contributed by atoms with E-state index in [1.165, 1.54) is 11.3 Å². The zero-order valence-electron chi connectivity index (χ0n) is 4.53. The Kier molecular flexibility index (Phi) is 0.960. The molecule has 43 valence electrons. The fraction of sp³-hybridized carbons (Fsp3) is 0. The quantitative estimate of drug-likeness (QED) is 0.547. The Morgan fingerprint density at radius 1 is 1.56 bits per heavy atom. The van der Waals surface area contributed by atoms with Crippen molar-refractivity contribution < 1.29 is 0 Å². The van der Waals surface area contributed by atoms with Crippen LogP contribution in [0.2, 0.25) is 0 Å². The zero-order valence-corrected chi connectivity index (χ0v) is 5.35. The zero-order chi connectivity index (χ0) is 6.10. The summed E-state index contributed by atoms with van der Waals surface area (Å²) in [6.07, 6.45) is 1.76. The third kappa shape index (κ3) is 0.695. The molecule has 0 fully saturated rings. The van der Waals surface area contributed by atoms with E-state index in [0.29, 0.717) is 0 Å². The van der Waals surface area contributed by atoms with Gasteiger partial charge >= 0.3 is 0 Å². The van der Waals surface area contributed by atoms with Crippen LogP contribution in [0.5, 0.6) is 0 Å². The van der Waals surface area contributed by atoms with E-state index in [1.54, 1.807) is 6.20 Å². The second kappa shape index (κ2) is 1.77. The van der Waals surface area contributed by atoms with Crippen molar-refractivity contribution in [3.8, 4) is 0 Å². The minimum atomic E-state index is 0.933. The lowest BCUT2D eigenvalue weighted by Crippen LogP contribution is -1.68. The van der Waals surface area contributed by atoms with Crippen LogP contribution in [0.1, 0.15) is 0 Å². The molecule has 9 heavy (non-hydrogen) atoms. The minimum absolute atomic E-state index is 0.933. The van der Waals surface area contributed by atoms with Crippen molar-refractivity contribution in [1.82, 2.24) is 9.97 Å². The van der Waals surface area contributed by atoms with E-state index in [2.05, 4.69) is 15.5 Å². The molecule has 2 heterocycles. The fourth-order valence-corrected chi connectivity index (χ4v) is 1.22. The Balaban J connectivity index is 2.95. The Morgan fingerprint density at radius 3 is 3.44 bits per heavy atom. The van der Waals surface area contributed by atoms with Crippen molar-refractivity contribution >= 4 is 21.7 Å². The van der Waals surface area contributed by atoms with Crippen molar-refractivity contribution in [2.24, 2.45) is 0 Å². The molecule has 2 rings (SSSR count). The van der Waals surface area contributed by atoms with E-state index in [9.17, 15) is 0 Å². The number of fused-ring (bicyclic) bond motifs is 1. The molecule has 0 saturated carbocycles. The second-order valence-electron chi connectivity index (χ2n) is 1.63. The van der Waals surface area contributed by atoms with Gasteiger partial charge in [0.05, 0.1) is 0 Å². The monoisotopic (exact) mass is 135 g/mol. The van der Waals surface area contributed by atoms with Crippen LogP contribution in [0.25, 0.3) is 10.3 Å². The highest BCUT2D eigenvalue weighted by atomic mass is 32.1. The summed E-state index contributed by atoms with van der Waals surface area (Å²) < 4.78 is 0. The predicted molar refractivity (Wildman–Crippen MR) is 36.3 cm³/mol. The van der Waals surface area contributed by atoms with E-state index >= 15 is 0 Å². The third-order valence-corrected chi connectivity index (χ3v) is 1.75. The van der Waals surface area contributed by atoms with E-state index in [4.69, 9.17) is 0 Å². The van der Waals surface area contributed by atoms with Crippen LogP contribution in [-0.4, -0.2) is 9.97 Å². The lowest BCUT2D eigenvalue weighted by molar-refractivity contribution is 1.40. The first-order valence-corrected chi connectivity index (χ1v) is 3.36. The number of nitrogens with zero attached hydrogens (tertiary/aromatic N) is 2. The van der Waals surface area contributed by atoms with Gasteiger partial charge in [0.2, 0.25) is 0 Å². The average Bonchev–Trinajstić information content (AvgIpc) is 2.33. The van der Waals surface area contributed by atoms with E-state index in [0.717, 1.165) is 10.3 Å². The molecule has 0 bridgehead atoms. The van der Waals surface area contributed by atoms with Gasteiger partial charge in [-0.2, -0.15) is 0 Å². The van der Waals surface area contributed by atoms with E-state index in [1.807, 2.05) is 12.1 Å². The number of hydrogen-bond donors (Lipinski definition) is 0. The third-order valence-electron chi connectivity index (χ3n) is 1.06. The fourth-order valence-electron chi connectivity index (χ4n) is 0.661. The van der Waals surface area contributed by atoms with Crippen molar-refractivity contribution in [2.45, 2.75) is 0 Å². The number of thiazole rings is 1. The Labute approximate surface area is 56.2 Å². The number of rotatable bonds is 0. The average molecular weight is 135 g/mol. The van der Waals surface area contributed by atoms with Crippen molar-refractivity contribution in [3.63, 3.8) is 0 Å². The summed E-state index contributed by atoms with van der Waals surface area (Å²) in [7, 11) is 0. The maximum Gasteiger partial charge on any atom is 0.155 e. The van der Waals surface area contributed by atoms with Gasteiger partial charge in [-0.05, 0) is 12.1 Å². The second-order valence-corrected chi connectivity index (χ2v) is 2.41. The van der Waals surface area contributed by atoms with E-state index < -0.39 is 0 Å². The van der Waals surface area contributed by atoms with Gasteiger partial charge in [0.1, 0.15) is 10.3 Å². The summed E-state index contributed by atoms with van der Waals surface area (Å²) in [5, 5.41) is 0. The molecule has 2 aromatic rings. The van der Waals surface area contributed by atoms with Gasteiger partial charge in [-0.1, -0.05) is 11.3 Å². The largest absolute Gasteiger partial charge is 0.244 e. The number of pyridine rings is 1. The molecule has 1 radical (unpaired) electrons. The Bertz CT molecular complexity index is 285. The number of hydrogen-bond acceptors (Lipinski definition) is 3. The maximum absolute atomic E-state index is 4.07. The first-order valence-electron chi connectivity index (χ1n) is 2.54. The highest BCUT2D eigenvalue weighted by molar-refractivity contribution is 7.15. The van der Waals surface area contributed by atoms with Crippen LogP contribution in [0, 0.1) is 5.51 Å². The molecule has 0 N–H and O–H groups in total. The summed E-state index contributed by atoms with van der Waals surface area (Å²) in [6, 6.07) is 3.80. The first kappa shape index (κ1) is 4.88. The van der Waals surface area contributed by atoms with Crippen molar-refractivity contribution in [3.05, 3.63) is 23.8 Å². The van der Waals surface area contributed by atoms with Crippen LogP contribution in [0.3, 0.4) is 0 Å². The topological polar surface area (TPSA) is 25.8 Å². The van der Waals surface area contributed by atoms with Gasteiger partial charge in [0.15, 0.2) is 5.51 Å². The standard InChI is InChI=1S/C6H3N2S/c1-2-5-6(7-3-1)9-4-8-5/h1-3H. The van der Waals surface area contributed by atoms with Crippen LogP contribution >= 0.6 is 11.3 Å². The van der Waals surface area contributed by atoms with E-state index in [-0.39, 0.29) is 0 Å². The normalized spacial score (nSPS) is 10.2. The molecule has 0 aliphatic heterocycles. The minimum Gasteiger partial charge on any atom is -0.244 e. The molecule has 0 amide bonds. The van der Waals surface area contributed by atoms with Crippen LogP contribution < -0.4 is 0 Å². The van der Waals surface area contributed by atoms with Crippen LogP contribution in [-0.2, 0) is 0 Å². The molecule has 3 heteroatoms. The summed E-state index contributed by atoms with van der Waals surface area (Å²) in [5.41, 5.74) is 3.70. The first-order chi connectivity index (χ1) is 4.47. The highest BCUT2D eigenvalue weighted by Crippen LogP contribution is 2.11. The lowest BCUT2D eigenvalue weighted by Gasteiger charge is -1.79. The van der Waals surface area contributed by atoms with Crippen LogP contribution in [0.15, 0.2) is 18.3 Å². The van der Waals surface area contributed by atoms with Gasteiger partial charge in [-0.15, -0.1) is 0 Å². The van der Waals surface area contributed by atoms with Gasteiger partial charge in [-0.3, -0.25) is 0 Å². The van der Waals surface area contributed by atoms with Crippen LogP contribution in [0.4, 0.5) is 0 Å². The molecule has 0 aromatic carbocycles. The SMILES string of the molecule is [c]1nc2cccnc2s1. The maximum atomic E-state index is 4.07. The molecular weight excluding hydrogens is 132 g/mol. The van der Waals surface area contributed by atoms with Gasteiger partial charge in [0.25, 0.3) is 0 Å². The molecule has 0 aliphatic carbocycles. The molecule has 0 saturated heterocycles. The molecular formula is C6H3N2S. The predicted octanol–water partition coefficient (Wildman–Crippen LogP) is 1.49. The number of aromatic nitrogens is 2. The molecule has 0 atom stereocenters. The molecule has 2 nitrogen and oxygen atoms in total. The van der Waals surface area contributed by atoms with Crippen molar-refractivity contribution in [2.75, 3.05) is 0 Å². The van der Waals surface area contributed by atoms with Gasteiger partial charge in [0, 0.05) is 6.20 Å². The Hall–Kier alpha value is -0.960. The lowest BCUT2D eigenvalue weighted by atomic mass is 10.5. The van der Waals surface area contributed by atoms with Crippen molar-refractivity contribution in [1.29, 1.82) is 0 Å². The summed E-state index contributed by atoms with van der Waals surface area (Å²) in [4.78, 5) is 8.97. The summed E-state index contributed by atoms with van der Waals surface area (Å²) in [5.74, 6) is 0. The summed E-state index contributed by atoms with van der Waals surface area (Å²) >= 11 is 1.44. The highest BCUT2D eigenvalue weighted by Gasteiger charge is 1.92. The smallest absolute Gasteiger partial charge is 0.155 e. The molecule has 0 spiro atoms. The Morgan fingerprint density at radius 2 is 2.56 bits per heavy atom. The van der Waals surface area contributed by atoms with Gasteiger partial charge < -0.3 is 0 Å². The molecule has 0 unspecified atom stereocenters. The molecule has 0 aliphatic rings. The molecule has 2 aromatic heterocycles. The summed E-state index contributed by atoms with van der Waals surface area (Å²) in [6.45, 7) is 0.